The number of oxazole rings is 1. The molecule has 6 nitrogen and oxygen atoms in total. The molecule has 3 aromatic rings. The van der Waals surface area contributed by atoms with Gasteiger partial charge in [-0.05, 0) is 38.4 Å². The molecule has 1 atom stereocenters. The first-order valence-electron chi connectivity index (χ1n) is 7.93. The second kappa shape index (κ2) is 5.70. The second-order valence-corrected chi connectivity index (χ2v) is 6.08. The Labute approximate surface area is 134 Å². The molecular weight excluding hydrogens is 292 g/mol. The lowest BCUT2D eigenvalue weighted by Gasteiger charge is -2.22. The highest BCUT2D eigenvalue weighted by molar-refractivity contribution is 5.44. The van der Waals surface area contributed by atoms with Crippen LogP contribution in [-0.2, 0) is 13.6 Å². The van der Waals surface area contributed by atoms with Crippen molar-refractivity contribution in [1.82, 2.24) is 19.7 Å². The molecule has 0 unspecified atom stereocenters. The van der Waals surface area contributed by atoms with Gasteiger partial charge in [-0.1, -0.05) is 0 Å². The monoisotopic (exact) mass is 312 g/mol. The first-order valence-corrected chi connectivity index (χ1v) is 7.93. The van der Waals surface area contributed by atoms with Gasteiger partial charge in [-0.15, -0.1) is 0 Å². The minimum absolute atomic E-state index is 0.409. The molecule has 4 rings (SSSR count). The van der Waals surface area contributed by atoms with Crippen molar-refractivity contribution in [1.29, 1.82) is 0 Å². The van der Waals surface area contributed by atoms with Gasteiger partial charge >= 0.3 is 0 Å². The molecule has 0 amide bonds. The van der Waals surface area contributed by atoms with Crippen LogP contribution in [0.3, 0.4) is 0 Å². The van der Waals surface area contributed by atoms with E-state index in [0.29, 0.717) is 17.7 Å². The van der Waals surface area contributed by atoms with Crippen LogP contribution in [0.25, 0.3) is 11.7 Å². The zero-order valence-electron chi connectivity index (χ0n) is 13.4. The van der Waals surface area contributed by atoms with Gasteiger partial charge in [-0.3, -0.25) is 9.58 Å². The van der Waals surface area contributed by atoms with E-state index in [4.69, 9.17) is 8.83 Å². The van der Waals surface area contributed by atoms with Crippen molar-refractivity contribution in [3.63, 3.8) is 0 Å². The quantitative estimate of drug-likeness (QED) is 0.739. The summed E-state index contributed by atoms with van der Waals surface area (Å²) in [5.41, 5.74) is 2.25. The predicted octanol–water partition coefficient (Wildman–Crippen LogP) is 3.31. The fourth-order valence-electron chi connectivity index (χ4n) is 3.28. The average molecular weight is 312 g/mol. The molecule has 120 valence electrons. The van der Waals surface area contributed by atoms with Crippen LogP contribution in [0.2, 0.25) is 0 Å². The van der Waals surface area contributed by atoms with Crippen molar-refractivity contribution in [2.75, 3.05) is 6.54 Å². The summed E-state index contributed by atoms with van der Waals surface area (Å²) in [4.78, 5) is 7.08. The van der Waals surface area contributed by atoms with Gasteiger partial charge in [0.25, 0.3) is 5.89 Å². The summed E-state index contributed by atoms with van der Waals surface area (Å²) in [7, 11) is 1.96. The van der Waals surface area contributed by atoms with Gasteiger partial charge in [0, 0.05) is 31.4 Å². The first kappa shape index (κ1) is 14.3. The number of likely N-dealkylation sites (tertiary alicyclic amines) is 1. The highest BCUT2D eigenvalue weighted by Gasteiger charge is 2.28. The van der Waals surface area contributed by atoms with E-state index in [-0.39, 0.29) is 0 Å². The highest BCUT2D eigenvalue weighted by Crippen LogP contribution is 2.33. The van der Waals surface area contributed by atoms with Crippen LogP contribution < -0.4 is 0 Å². The van der Waals surface area contributed by atoms with Gasteiger partial charge in [0.1, 0.15) is 5.76 Å². The summed E-state index contributed by atoms with van der Waals surface area (Å²) >= 11 is 0. The lowest BCUT2D eigenvalue weighted by atomic mass is 10.1. The van der Waals surface area contributed by atoms with Crippen LogP contribution in [0.15, 0.2) is 39.6 Å². The maximum absolute atomic E-state index is 5.77. The van der Waals surface area contributed by atoms with Crippen molar-refractivity contribution >= 4 is 0 Å². The summed E-state index contributed by atoms with van der Waals surface area (Å²) in [5.74, 6) is 2.08. The van der Waals surface area contributed by atoms with Gasteiger partial charge in [0.15, 0.2) is 5.76 Å². The Kier molecular flexibility index (Phi) is 3.53. The van der Waals surface area contributed by atoms with Crippen molar-refractivity contribution in [2.24, 2.45) is 7.05 Å². The average Bonchev–Trinajstić information content (AvgIpc) is 3.28. The molecule has 0 spiro atoms. The van der Waals surface area contributed by atoms with E-state index in [1.165, 1.54) is 12.0 Å². The molecule has 4 heterocycles. The third kappa shape index (κ3) is 2.70. The molecule has 0 radical (unpaired) electrons. The van der Waals surface area contributed by atoms with E-state index in [0.717, 1.165) is 31.0 Å². The maximum atomic E-state index is 5.77. The normalized spacial score (nSPS) is 18.8. The number of nitrogens with zero attached hydrogens (tertiary/aromatic N) is 4. The summed E-state index contributed by atoms with van der Waals surface area (Å²) in [6.45, 7) is 3.82. The van der Waals surface area contributed by atoms with E-state index >= 15 is 0 Å². The molecule has 3 aromatic heterocycles. The molecule has 1 aliphatic heterocycles. The van der Waals surface area contributed by atoms with Gasteiger partial charge in [-0.25, -0.2) is 4.98 Å². The van der Waals surface area contributed by atoms with Crippen LogP contribution in [0, 0.1) is 6.92 Å². The minimum Gasteiger partial charge on any atom is -0.459 e. The highest BCUT2D eigenvalue weighted by atomic mass is 16.4. The van der Waals surface area contributed by atoms with Crippen molar-refractivity contribution in [2.45, 2.75) is 32.4 Å². The summed E-state index contributed by atoms with van der Waals surface area (Å²) in [5, 5.41) is 4.30. The summed E-state index contributed by atoms with van der Waals surface area (Å²) < 4.78 is 13.0. The Morgan fingerprint density at radius 3 is 3.04 bits per heavy atom. The number of hydrogen-bond donors (Lipinski definition) is 0. The zero-order valence-corrected chi connectivity index (χ0v) is 13.4. The molecule has 0 saturated carbocycles. The van der Waals surface area contributed by atoms with Gasteiger partial charge in [-0.2, -0.15) is 5.10 Å². The van der Waals surface area contributed by atoms with E-state index in [2.05, 4.69) is 21.2 Å². The molecule has 0 aliphatic carbocycles. The lowest BCUT2D eigenvalue weighted by Crippen LogP contribution is -2.23. The Balaban J connectivity index is 1.55. The molecule has 0 N–H and O–H groups in total. The SMILES string of the molecule is Cc1oc(-c2ccco2)nc1CN1CCC[C@@H]1c1cnn(C)c1. The van der Waals surface area contributed by atoms with Crippen LogP contribution in [0.4, 0.5) is 0 Å². The fraction of sp³-hybridized carbons (Fsp3) is 0.412. The third-order valence-electron chi connectivity index (χ3n) is 4.45. The molecule has 1 aliphatic rings. The molecular formula is C17H20N4O2. The first-order chi connectivity index (χ1) is 11.2. The van der Waals surface area contributed by atoms with Crippen molar-refractivity contribution in [3.8, 4) is 11.7 Å². The number of furan rings is 1. The lowest BCUT2D eigenvalue weighted by molar-refractivity contribution is 0.244. The van der Waals surface area contributed by atoms with Crippen molar-refractivity contribution in [3.05, 3.63) is 47.8 Å². The van der Waals surface area contributed by atoms with E-state index in [1.807, 2.05) is 37.0 Å². The van der Waals surface area contributed by atoms with Crippen LogP contribution in [-0.4, -0.2) is 26.2 Å². The molecule has 1 saturated heterocycles. The number of aromatic nitrogens is 3. The Morgan fingerprint density at radius 2 is 2.30 bits per heavy atom. The van der Waals surface area contributed by atoms with E-state index < -0.39 is 0 Å². The minimum atomic E-state index is 0.409. The Hall–Kier alpha value is -2.34. The number of rotatable bonds is 4. The molecule has 0 bridgehead atoms. The predicted molar refractivity (Wildman–Crippen MR) is 84.5 cm³/mol. The fourth-order valence-corrected chi connectivity index (χ4v) is 3.28. The second-order valence-electron chi connectivity index (χ2n) is 6.08. The Bertz CT molecular complexity index is 787. The van der Waals surface area contributed by atoms with Gasteiger partial charge < -0.3 is 8.83 Å². The summed E-state index contributed by atoms with van der Waals surface area (Å²) in [6.07, 6.45) is 8.06. The maximum Gasteiger partial charge on any atom is 0.263 e. The van der Waals surface area contributed by atoms with E-state index in [9.17, 15) is 0 Å². The molecule has 23 heavy (non-hydrogen) atoms. The number of hydrogen-bond acceptors (Lipinski definition) is 5. The van der Waals surface area contributed by atoms with Gasteiger partial charge in [0.2, 0.25) is 0 Å². The summed E-state index contributed by atoms with van der Waals surface area (Å²) in [6, 6.07) is 4.11. The Morgan fingerprint density at radius 1 is 1.39 bits per heavy atom. The largest absolute Gasteiger partial charge is 0.459 e. The van der Waals surface area contributed by atoms with Crippen LogP contribution in [0.1, 0.15) is 35.9 Å². The third-order valence-corrected chi connectivity index (χ3v) is 4.45. The molecule has 6 heteroatoms. The van der Waals surface area contributed by atoms with Crippen LogP contribution >= 0.6 is 0 Å². The smallest absolute Gasteiger partial charge is 0.263 e. The molecule has 1 fully saturated rings. The number of aryl methyl sites for hydroxylation is 2. The van der Waals surface area contributed by atoms with Gasteiger partial charge in [0.05, 0.1) is 18.2 Å². The molecule has 0 aromatic carbocycles. The van der Waals surface area contributed by atoms with Crippen molar-refractivity contribution < 1.29 is 8.83 Å². The van der Waals surface area contributed by atoms with E-state index in [1.54, 1.807) is 6.26 Å². The zero-order chi connectivity index (χ0) is 15.8. The standard InChI is InChI=1S/C17H20N4O2/c1-12-14(19-17(23-12)16-6-4-8-22-16)11-21-7-3-5-15(21)13-9-18-20(2)10-13/h4,6,8-10,15H,3,5,7,11H2,1-2H3/t15-/m1/s1. The van der Waals surface area contributed by atoms with Crippen LogP contribution in [0.5, 0.6) is 0 Å². The topological polar surface area (TPSA) is 60.2 Å².